The third-order valence-corrected chi connectivity index (χ3v) is 3.29. The Morgan fingerprint density at radius 2 is 1.50 bits per heavy atom. The zero-order valence-electron chi connectivity index (χ0n) is 13.4. The average Bonchev–Trinajstić information content (AvgIpc) is 2.63. The zero-order chi connectivity index (χ0) is 16.6. The molecule has 0 fully saturated rings. The van der Waals surface area contributed by atoms with E-state index in [9.17, 15) is 0 Å². The summed E-state index contributed by atoms with van der Waals surface area (Å²) in [7, 11) is 1.66. The smallest absolute Gasteiger partial charge is 0.232 e. The molecule has 3 aromatic rings. The maximum atomic E-state index is 5.06. The van der Waals surface area contributed by atoms with Crippen LogP contribution in [-0.4, -0.2) is 35.2 Å². The first-order chi connectivity index (χ1) is 11.8. The minimum Gasteiger partial charge on any atom is -0.383 e. The highest BCUT2D eigenvalue weighted by Gasteiger charge is 2.08. The number of nitrogens with one attached hydrogen (secondary N) is 2. The Labute approximate surface area is 141 Å². The maximum absolute atomic E-state index is 5.06. The van der Waals surface area contributed by atoms with Crippen molar-refractivity contribution in [2.45, 2.75) is 0 Å². The van der Waals surface area contributed by atoms with Crippen LogP contribution in [0.2, 0.25) is 0 Å². The van der Waals surface area contributed by atoms with E-state index in [-0.39, 0.29) is 0 Å². The van der Waals surface area contributed by atoms with Gasteiger partial charge in [0.15, 0.2) is 5.82 Å². The molecule has 0 spiro atoms. The van der Waals surface area contributed by atoms with E-state index in [1.807, 2.05) is 60.7 Å². The fourth-order valence-corrected chi connectivity index (χ4v) is 2.14. The van der Waals surface area contributed by atoms with Gasteiger partial charge in [-0.2, -0.15) is 15.0 Å². The fraction of sp³-hybridized carbons (Fsp3) is 0.167. The number of anilines is 3. The Hall–Kier alpha value is -2.99. The van der Waals surface area contributed by atoms with Crippen LogP contribution >= 0.6 is 0 Å². The number of benzene rings is 2. The van der Waals surface area contributed by atoms with Crippen LogP contribution in [-0.2, 0) is 4.74 Å². The summed E-state index contributed by atoms with van der Waals surface area (Å²) in [5.74, 6) is 1.62. The van der Waals surface area contributed by atoms with Crippen molar-refractivity contribution in [3.05, 3.63) is 60.7 Å². The van der Waals surface area contributed by atoms with Crippen molar-refractivity contribution < 1.29 is 4.74 Å². The van der Waals surface area contributed by atoms with Gasteiger partial charge < -0.3 is 15.4 Å². The van der Waals surface area contributed by atoms with Gasteiger partial charge in [0, 0.05) is 24.9 Å². The molecule has 1 heterocycles. The summed E-state index contributed by atoms with van der Waals surface area (Å²) in [6, 6.07) is 19.6. The number of para-hydroxylation sites is 1. The molecule has 2 N–H and O–H groups in total. The van der Waals surface area contributed by atoms with Gasteiger partial charge in [-0.15, -0.1) is 0 Å². The highest BCUT2D eigenvalue weighted by molar-refractivity contribution is 5.60. The first-order valence-corrected chi connectivity index (χ1v) is 7.71. The lowest BCUT2D eigenvalue weighted by atomic mass is 10.2. The molecule has 0 saturated heterocycles. The van der Waals surface area contributed by atoms with Crippen molar-refractivity contribution in [2.75, 3.05) is 30.9 Å². The molecule has 6 nitrogen and oxygen atoms in total. The van der Waals surface area contributed by atoms with E-state index < -0.39 is 0 Å². The van der Waals surface area contributed by atoms with Crippen molar-refractivity contribution in [1.82, 2.24) is 15.0 Å². The Morgan fingerprint density at radius 1 is 0.833 bits per heavy atom. The molecule has 0 aliphatic carbocycles. The number of methoxy groups -OCH3 is 1. The lowest BCUT2D eigenvalue weighted by molar-refractivity contribution is 0.210. The molecule has 24 heavy (non-hydrogen) atoms. The second-order valence-corrected chi connectivity index (χ2v) is 5.08. The molecule has 0 radical (unpaired) electrons. The van der Waals surface area contributed by atoms with E-state index in [0.29, 0.717) is 30.9 Å². The maximum Gasteiger partial charge on any atom is 0.232 e. The van der Waals surface area contributed by atoms with Crippen molar-refractivity contribution >= 4 is 17.6 Å². The van der Waals surface area contributed by atoms with Crippen LogP contribution in [0.15, 0.2) is 60.7 Å². The number of aromatic nitrogens is 3. The monoisotopic (exact) mass is 321 g/mol. The lowest BCUT2D eigenvalue weighted by Crippen LogP contribution is -2.12. The molecule has 0 amide bonds. The van der Waals surface area contributed by atoms with E-state index >= 15 is 0 Å². The van der Waals surface area contributed by atoms with Crippen LogP contribution in [0.3, 0.4) is 0 Å². The molecule has 3 rings (SSSR count). The van der Waals surface area contributed by atoms with Gasteiger partial charge in [0.25, 0.3) is 0 Å². The third kappa shape index (κ3) is 4.27. The molecule has 0 bridgehead atoms. The van der Waals surface area contributed by atoms with Crippen molar-refractivity contribution in [2.24, 2.45) is 0 Å². The quantitative estimate of drug-likeness (QED) is 0.650. The summed E-state index contributed by atoms with van der Waals surface area (Å²) < 4.78 is 5.06. The van der Waals surface area contributed by atoms with Gasteiger partial charge in [-0.1, -0.05) is 48.5 Å². The molecule has 0 aliphatic rings. The normalized spacial score (nSPS) is 10.4. The highest BCUT2D eigenvalue weighted by atomic mass is 16.5. The van der Waals surface area contributed by atoms with E-state index in [4.69, 9.17) is 4.74 Å². The van der Waals surface area contributed by atoms with E-state index in [2.05, 4.69) is 25.6 Å². The van der Waals surface area contributed by atoms with Crippen molar-refractivity contribution in [1.29, 1.82) is 0 Å². The summed E-state index contributed by atoms with van der Waals surface area (Å²) in [4.78, 5) is 13.4. The van der Waals surface area contributed by atoms with Crippen LogP contribution in [0, 0.1) is 0 Å². The highest BCUT2D eigenvalue weighted by Crippen LogP contribution is 2.19. The minimum atomic E-state index is 0.495. The molecule has 0 atom stereocenters. The van der Waals surface area contributed by atoms with Gasteiger partial charge in [-0.25, -0.2) is 0 Å². The summed E-state index contributed by atoms with van der Waals surface area (Å²) in [6.07, 6.45) is 0. The summed E-state index contributed by atoms with van der Waals surface area (Å²) in [5.41, 5.74) is 1.86. The van der Waals surface area contributed by atoms with Crippen LogP contribution in [0.5, 0.6) is 0 Å². The predicted molar refractivity (Wildman–Crippen MR) is 95.4 cm³/mol. The first-order valence-electron chi connectivity index (χ1n) is 7.71. The number of ether oxygens (including phenoxy) is 1. The topological polar surface area (TPSA) is 72.0 Å². The largest absolute Gasteiger partial charge is 0.383 e. The van der Waals surface area contributed by atoms with Gasteiger partial charge >= 0.3 is 0 Å². The average molecular weight is 321 g/mol. The Bertz CT molecular complexity index is 765. The second kappa shape index (κ2) is 8.03. The van der Waals surface area contributed by atoms with Crippen LogP contribution in [0.25, 0.3) is 11.4 Å². The van der Waals surface area contributed by atoms with E-state index in [0.717, 1.165) is 11.3 Å². The van der Waals surface area contributed by atoms with Crippen molar-refractivity contribution in [3.63, 3.8) is 0 Å². The van der Waals surface area contributed by atoms with Gasteiger partial charge in [0.05, 0.1) is 6.61 Å². The number of nitrogens with zero attached hydrogens (tertiary/aromatic N) is 3. The summed E-state index contributed by atoms with van der Waals surface area (Å²) in [6.45, 7) is 1.20. The first kappa shape index (κ1) is 15.9. The molecule has 1 aromatic heterocycles. The molecule has 0 unspecified atom stereocenters. The SMILES string of the molecule is COCCNc1nc(Nc2ccccc2)nc(-c2ccccc2)n1. The van der Waals surface area contributed by atoms with Crippen LogP contribution in [0.1, 0.15) is 0 Å². The number of hydrogen-bond donors (Lipinski definition) is 2. The van der Waals surface area contributed by atoms with Gasteiger partial charge in [0.1, 0.15) is 0 Å². The minimum absolute atomic E-state index is 0.495. The molecule has 2 aromatic carbocycles. The summed E-state index contributed by atoms with van der Waals surface area (Å²) >= 11 is 0. The molecular weight excluding hydrogens is 302 g/mol. The second-order valence-electron chi connectivity index (χ2n) is 5.08. The fourth-order valence-electron chi connectivity index (χ4n) is 2.14. The van der Waals surface area contributed by atoms with Gasteiger partial charge in [-0.05, 0) is 12.1 Å². The molecule has 0 saturated carbocycles. The Morgan fingerprint density at radius 3 is 2.21 bits per heavy atom. The molecule has 0 aliphatic heterocycles. The van der Waals surface area contributed by atoms with Crippen molar-refractivity contribution in [3.8, 4) is 11.4 Å². The number of hydrogen-bond acceptors (Lipinski definition) is 6. The van der Waals surface area contributed by atoms with Crippen LogP contribution in [0.4, 0.5) is 17.6 Å². The Balaban J connectivity index is 1.90. The van der Waals surface area contributed by atoms with Gasteiger partial charge in [0.2, 0.25) is 11.9 Å². The van der Waals surface area contributed by atoms with Gasteiger partial charge in [-0.3, -0.25) is 0 Å². The van der Waals surface area contributed by atoms with E-state index in [1.165, 1.54) is 0 Å². The molecule has 122 valence electrons. The summed E-state index contributed by atoms with van der Waals surface area (Å²) in [5, 5.41) is 6.37. The lowest BCUT2D eigenvalue weighted by Gasteiger charge is -2.10. The third-order valence-electron chi connectivity index (χ3n) is 3.29. The Kier molecular flexibility index (Phi) is 5.32. The zero-order valence-corrected chi connectivity index (χ0v) is 13.4. The number of rotatable bonds is 7. The molecule has 6 heteroatoms. The standard InChI is InChI=1S/C18H19N5O/c1-24-13-12-19-17-21-16(14-8-4-2-5-9-14)22-18(23-17)20-15-10-6-3-7-11-15/h2-11H,12-13H2,1H3,(H2,19,20,21,22,23). The van der Waals surface area contributed by atoms with E-state index in [1.54, 1.807) is 7.11 Å². The van der Waals surface area contributed by atoms with Crippen LogP contribution < -0.4 is 10.6 Å². The predicted octanol–water partition coefficient (Wildman–Crippen LogP) is 3.34. The molecular formula is C18H19N5O.